The number of hydrogen-bond acceptors (Lipinski definition) is 3. The van der Waals surface area contributed by atoms with Gasteiger partial charge in [0.1, 0.15) is 5.82 Å². The first-order valence-corrected chi connectivity index (χ1v) is 10.5. The fourth-order valence-corrected chi connectivity index (χ4v) is 4.43. The summed E-state index contributed by atoms with van der Waals surface area (Å²) in [4.78, 5) is 29.6. The van der Waals surface area contributed by atoms with Gasteiger partial charge in [-0.3, -0.25) is 14.5 Å². The third-order valence-electron chi connectivity index (χ3n) is 5.87. The lowest BCUT2D eigenvalue weighted by Gasteiger charge is -2.41. The van der Waals surface area contributed by atoms with Crippen LogP contribution in [0.5, 0.6) is 0 Å². The minimum Gasteiger partial charge on any atom is -0.340 e. The summed E-state index contributed by atoms with van der Waals surface area (Å²) in [6.45, 7) is 6.93. The van der Waals surface area contributed by atoms with E-state index >= 15 is 0 Å². The van der Waals surface area contributed by atoms with Crippen molar-refractivity contribution in [3.63, 3.8) is 0 Å². The number of nitrogens with zero attached hydrogens (tertiary/aromatic N) is 2. The largest absolute Gasteiger partial charge is 0.340 e. The number of benzene rings is 1. The highest BCUT2D eigenvalue weighted by atomic mass is 19.1. The van der Waals surface area contributed by atoms with Crippen molar-refractivity contribution in [2.24, 2.45) is 11.8 Å². The molecule has 1 aliphatic heterocycles. The topological polar surface area (TPSA) is 52.7 Å². The number of anilines is 1. The van der Waals surface area contributed by atoms with Gasteiger partial charge in [-0.1, -0.05) is 26.7 Å². The van der Waals surface area contributed by atoms with E-state index in [2.05, 4.69) is 24.1 Å². The van der Waals surface area contributed by atoms with Crippen molar-refractivity contribution in [1.82, 2.24) is 9.80 Å². The monoisotopic (exact) mass is 389 g/mol. The number of carbonyl (C=O) groups is 2. The van der Waals surface area contributed by atoms with E-state index in [1.54, 1.807) is 12.1 Å². The Morgan fingerprint density at radius 3 is 2.25 bits per heavy atom. The third-order valence-corrected chi connectivity index (χ3v) is 5.87. The predicted molar refractivity (Wildman–Crippen MR) is 108 cm³/mol. The highest BCUT2D eigenvalue weighted by Gasteiger charge is 2.37. The zero-order chi connectivity index (χ0) is 20.1. The van der Waals surface area contributed by atoms with Crippen molar-refractivity contribution in [3.8, 4) is 0 Å². The van der Waals surface area contributed by atoms with Crippen LogP contribution in [0.4, 0.5) is 10.1 Å². The van der Waals surface area contributed by atoms with Gasteiger partial charge in [0.15, 0.2) is 0 Å². The first-order valence-electron chi connectivity index (χ1n) is 10.5. The van der Waals surface area contributed by atoms with Crippen LogP contribution in [0.2, 0.25) is 0 Å². The van der Waals surface area contributed by atoms with E-state index in [4.69, 9.17) is 0 Å². The summed E-state index contributed by atoms with van der Waals surface area (Å²) >= 11 is 0. The smallest absolute Gasteiger partial charge is 0.242 e. The molecule has 1 atom stereocenters. The SMILES string of the molecule is CC(C)CC(=O)N1CCN(C(C(=O)Nc2ccc(F)cc2)C2CCCC2)CC1. The second-order valence-corrected chi connectivity index (χ2v) is 8.50. The Bertz CT molecular complexity index is 663. The molecule has 1 N–H and O–H groups in total. The van der Waals surface area contributed by atoms with Crippen LogP contribution in [0.15, 0.2) is 24.3 Å². The molecule has 3 rings (SSSR count). The molecule has 2 fully saturated rings. The number of amides is 2. The van der Waals surface area contributed by atoms with Gasteiger partial charge in [-0.2, -0.15) is 0 Å². The Balaban J connectivity index is 1.64. The highest BCUT2D eigenvalue weighted by molar-refractivity contribution is 5.95. The number of carbonyl (C=O) groups excluding carboxylic acids is 2. The van der Waals surface area contributed by atoms with Crippen LogP contribution in [0.3, 0.4) is 0 Å². The maximum atomic E-state index is 13.1. The van der Waals surface area contributed by atoms with Crippen molar-refractivity contribution in [1.29, 1.82) is 0 Å². The fraction of sp³-hybridized carbons (Fsp3) is 0.636. The summed E-state index contributed by atoms with van der Waals surface area (Å²) in [5.41, 5.74) is 0.625. The molecule has 1 unspecified atom stereocenters. The summed E-state index contributed by atoms with van der Waals surface area (Å²) < 4.78 is 13.1. The summed E-state index contributed by atoms with van der Waals surface area (Å²) in [5, 5.41) is 2.98. The molecule has 2 aliphatic rings. The Morgan fingerprint density at radius 2 is 1.68 bits per heavy atom. The lowest BCUT2D eigenvalue weighted by molar-refractivity contribution is -0.135. The van der Waals surface area contributed by atoms with Crippen LogP contribution in [-0.4, -0.2) is 53.8 Å². The van der Waals surface area contributed by atoms with Gasteiger partial charge < -0.3 is 10.2 Å². The quantitative estimate of drug-likeness (QED) is 0.810. The molecular formula is C22H32FN3O2. The molecule has 2 amide bonds. The Labute approximate surface area is 167 Å². The van der Waals surface area contributed by atoms with E-state index in [0.29, 0.717) is 37.0 Å². The van der Waals surface area contributed by atoms with Crippen molar-refractivity contribution >= 4 is 17.5 Å². The van der Waals surface area contributed by atoms with Crippen molar-refractivity contribution in [2.75, 3.05) is 31.5 Å². The summed E-state index contributed by atoms with van der Waals surface area (Å²) in [6, 6.07) is 5.73. The second-order valence-electron chi connectivity index (χ2n) is 8.50. The van der Waals surface area contributed by atoms with Crippen LogP contribution in [0, 0.1) is 17.7 Å². The number of rotatable bonds is 6. The fourth-order valence-electron chi connectivity index (χ4n) is 4.43. The third kappa shape index (κ3) is 5.31. The lowest BCUT2D eigenvalue weighted by atomic mass is 9.94. The molecule has 0 radical (unpaired) electrons. The van der Waals surface area contributed by atoms with Crippen LogP contribution in [0.25, 0.3) is 0 Å². The van der Waals surface area contributed by atoms with Gasteiger partial charge in [0.2, 0.25) is 11.8 Å². The minimum absolute atomic E-state index is 0.0135. The second kappa shape index (κ2) is 9.50. The average Bonchev–Trinajstić information content (AvgIpc) is 3.18. The van der Waals surface area contributed by atoms with Crippen LogP contribution in [0.1, 0.15) is 46.0 Å². The van der Waals surface area contributed by atoms with Crippen molar-refractivity contribution in [3.05, 3.63) is 30.1 Å². The van der Waals surface area contributed by atoms with Gasteiger partial charge in [-0.05, 0) is 48.9 Å². The van der Waals surface area contributed by atoms with Gasteiger partial charge in [-0.25, -0.2) is 4.39 Å². The Hall–Kier alpha value is -1.95. The van der Waals surface area contributed by atoms with E-state index in [1.807, 2.05) is 4.90 Å². The van der Waals surface area contributed by atoms with Crippen LogP contribution in [-0.2, 0) is 9.59 Å². The highest BCUT2D eigenvalue weighted by Crippen LogP contribution is 2.31. The van der Waals surface area contributed by atoms with Gasteiger partial charge in [0.25, 0.3) is 0 Å². The zero-order valence-corrected chi connectivity index (χ0v) is 17.0. The van der Waals surface area contributed by atoms with Gasteiger partial charge in [0.05, 0.1) is 6.04 Å². The molecule has 5 nitrogen and oxygen atoms in total. The van der Waals surface area contributed by atoms with Crippen molar-refractivity contribution in [2.45, 2.75) is 52.0 Å². The lowest BCUT2D eigenvalue weighted by Crippen LogP contribution is -2.57. The van der Waals surface area contributed by atoms with Crippen LogP contribution < -0.4 is 5.32 Å². The van der Waals surface area contributed by atoms with E-state index in [0.717, 1.165) is 38.8 Å². The number of piperazine rings is 1. The van der Waals surface area contributed by atoms with Crippen molar-refractivity contribution < 1.29 is 14.0 Å². The number of nitrogens with one attached hydrogen (secondary N) is 1. The Kier molecular flexibility index (Phi) is 7.05. The van der Waals surface area contributed by atoms with Crippen LogP contribution >= 0.6 is 0 Å². The summed E-state index contributed by atoms with van der Waals surface area (Å²) in [5.74, 6) is 0.590. The van der Waals surface area contributed by atoms with E-state index in [9.17, 15) is 14.0 Å². The standard InChI is InChI=1S/C22H32FN3O2/c1-16(2)15-20(27)25-11-13-26(14-12-25)21(17-5-3-4-6-17)22(28)24-19-9-7-18(23)8-10-19/h7-10,16-17,21H,3-6,11-15H2,1-2H3,(H,24,28). The molecule has 0 bridgehead atoms. The van der Waals surface area contributed by atoms with E-state index in [-0.39, 0.29) is 23.7 Å². The summed E-state index contributed by atoms with van der Waals surface area (Å²) in [7, 11) is 0. The minimum atomic E-state index is -0.312. The molecule has 1 saturated carbocycles. The molecule has 1 aromatic carbocycles. The normalized spacial score (nSPS) is 19.8. The molecule has 1 saturated heterocycles. The van der Waals surface area contributed by atoms with Gasteiger partial charge in [-0.15, -0.1) is 0 Å². The molecule has 6 heteroatoms. The molecule has 28 heavy (non-hydrogen) atoms. The maximum Gasteiger partial charge on any atom is 0.242 e. The number of hydrogen-bond donors (Lipinski definition) is 1. The van der Waals surface area contributed by atoms with E-state index in [1.165, 1.54) is 12.1 Å². The van der Waals surface area contributed by atoms with Gasteiger partial charge >= 0.3 is 0 Å². The molecule has 154 valence electrons. The first kappa shape index (κ1) is 20.8. The van der Waals surface area contributed by atoms with Gasteiger partial charge in [0, 0.05) is 38.3 Å². The molecule has 1 heterocycles. The number of halogens is 1. The molecular weight excluding hydrogens is 357 g/mol. The maximum absolute atomic E-state index is 13.1. The molecule has 0 spiro atoms. The molecule has 1 aromatic rings. The first-order chi connectivity index (χ1) is 13.4. The Morgan fingerprint density at radius 1 is 1.07 bits per heavy atom. The molecule has 0 aromatic heterocycles. The zero-order valence-electron chi connectivity index (χ0n) is 17.0. The van der Waals surface area contributed by atoms with E-state index < -0.39 is 0 Å². The predicted octanol–water partition coefficient (Wildman–Crippen LogP) is 3.51. The summed E-state index contributed by atoms with van der Waals surface area (Å²) in [6.07, 6.45) is 5.04. The molecule has 1 aliphatic carbocycles. The average molecular weight is 390 g/mol.